The number of hydrogen-bond acceptors (Lipinski definition) is 22. The molecule has 13 N–H and O–H groups in total. The number of ether oxygens (including phenoxy) is 7. The molecule has 0 aliphatic carbocycles. The Morgan fingerprint density at radius 3 is 1.95 bits per heavy atom. The van der Waals surface area contributed by atoms with Gasteiger partial charge in [0, 0.05) is 18.2 Å². The Balaban J connectivity index is 1.19. The summed E-state index contributed by atoms with van der Waals surface area (Å²) in [7, 11) is 0. The molecular weight excluding hydrogens is 872 g/mol. The maximum absolute atomic E-state index is 12.5. The molecule has 65 heavy (non-hydrogen) atoms. The Bertz CT molecular complexity index is 2310. The van der Waals surface area contributed by atoms with E-state index in [9.17, 15) is 76.3 Å². The van der Waals surface area contributed by atoms with Crippen LogP contribution >= 0.6 is 0 Å². The van der Waals surface area contributed by atoms with Crippen LogP contribution in [-0.4, -0.2) is 184 Å². The molecule has 23 heteroatoms. The number of carbonyl (C=O) groups excluding carboxylic acids is 1. The molecule has 23 nitrogen and oxygen atoms in total. The van der Waals surface area contributed by atoms with E-state index in [0.717, 1.165) is 24.3 Å². The van der Waals surface area contributed by atoms with Crippen LogP contribution < -0.4 is 14.6 Å². The first-order valence-electron chi connectivity index (χ1n) is 19.9. The molecule has 3 saturated heterocycles. The minimum atomic E-state index is -2.07. The zero-order chi connectivity index (χ0) is 46.9. The van der Waals surface area contributed by atoms with E-state index >= 15 is 0 Å². The lowest BCUT2D eigenvalue weighted by Crippen LogP contribution is -2.65. The first kappa shape index (κ1) is 47.5. The Labute approximate surface area is 366 Å². The molecule has 0 bridgehead atoms. The zero-order valence-electron chi connectivity index (χ0n) is 33.6. The van der Waals surface area contributed by atoms with Crippen LogP contribution in [-0.2, 0) is 28.5 Å². The van der Waals surface area contributed by atoms with Gasteiger partial charge < -0.3 is 105 Å². The SMILES string of the molecule is O=C(/C=C/c1ccc(O)c(O)c1)OC[C@H]1O[C@@H](O[C@H]2[C@H](Oc3cc4c(O[C@@H]5O[C@H](CO)[C@@H](O)[C@H](O)[C@H]5O)cc(O)cc4[o+]c3-c3ccc(O)cc3)O[C@H](C[O-])[C@@H](O)[C@@H]2O)[C@H](O)[C@@H](O)[C@@H]1O. The molecule has 3 fully saturated rings. The van der Waals surface area contributed by atoms with Gasteiger partial charge in [-0.15, -0.1) is 6.61 Å². The maximum atomic E-state index is 12.5. The number of aromatic hydroxyl groups is 4. The summed E-state index contributed by atoms with van der Waals surface area (Å²) in [6, 6.07) is 12.6. The van der Waals surface area contributed by atoms with Crippen LogP contribution in [0.1, 0.15) is 5.56 Å². The molecule has 3 aliphatic heterocycles. The minimum absolute atomic E-state index is 0.0388. The summed E-state index contributed by atoms with van der Waals surface area (Å²) >= 11 is 0. The molecule has 4 heterocycles. The van der Waals surface area contributed by atoms with Crippen molar-refractivity contribution in [3.63, 3.8) is 0 Å². The predicted octanol–water partition coefficient (Wildman–Crippen LogP) is -2.98. The molecular formula is C42H46O23. The standard InChI is InChI=1S/C42H46O23/c43-13-26-30(50)33(53)36(56)40(62-26)60-24-11-19(46)10-23-20(24)12-25(38(59-23)17-3-5-18(45)6-4-17)61-42-39(35(55)31(51)27(14-44)63-42)65-41-37(57)34(54)32(52)28(64-41)15-58-29(49)8-2-16-1-7-21(47)22(48)9-16/h1-12,26-28,30-37,39-43,45-48,50-57H,13-15H2/b8-2+/t26-,27-,28-,30-,31-,32-,33+,34+,35+,36-,37-,39-,40-,41+,42-/m1/s1. The topological polar surface area (TPSA) is 379 Å². The minimum Gasteiger partial charge on any atom is -0.853 e. The van der Waals surface area contributed by atoms with Crippen LogP contribution in [0.5, 0.6) is 34.5 Å². The van der Waals surface area contributed by atoms with Crippen molar-refractivity contribution in [1.82, 2.24) is 0 Å². The zero-order valence-corrected chi connectivity index (χ0v) is 33.6. The van der Waals surface area contributed by atoms with Gasteiger partial charge in [-0.3, -0.25) is 0 Å². The van der Waals surface area contributed by atoms with Crippen LogP contribution in [0.2, 0.25) is 0 Å². The Morgan fingerprint density at radius 2 is 1.28 bits per heavy atom. The molecule has 352 valence electrons. The highest BCUT2D eigenvalue weighted by molar-refractivity contribution is 5.89. The molecule has 3 aliphatic rings. The molecule has 1 aromatic heterocycles. The van der Waals surface area contributed by atoms with Crippen LogP contribution in [0.25, 0.3) is 28.4 Å². The number of aliphatic hydroxyl groups is 9. The average molecular weight is 919 g/mol. The number of benzene rings is 3. The summed E-state index contributed by atoms with van der Waals surface area (Å²) in [6.07, 6.45) is -25.4. The molecule has 0 spiro atoms. The van der Waals surface area contributed by atoms with E-state index in [1.165, 1.54) is 48.5 Å². The van der Waals surface area contributed by atoms with Crippen LogP contribution in [0.3, 0.4) is 0 Å². The van der Waals surface area contributed by atoms with E-state index in [4.69, 9.17) is 37.6 Å². The Morgan fingerprint density at radius 1 is 0.646 bits per heavy atom. The van der Waals surface area contributed by atoms with E-state index < -0.39 is 135 Å². The van der Waals surface area contributed by atoms with Gasteiger partial charge in [0.15, 0.2) is 23.9 Å². The summed E-state index contributed by atoms with van der Waals surface area (Å²) in [5, 5.41) is 148. The van der Waals surface area contributed by atoms with Gasteiger partial charge in [-0.05, 0) is 48.0 Å². The van der Waals surface area contributed by atoms with Crippen LogP contribution in [0.15, 0.2) is 71.2 Å². The van der Waals surface area contributed by atoms with Crippen molar-refractivity contribution in [1.29, 1.82) is 0 Å². The second kappa shape index (κ2) is 19.9. The summed E-state index contributed by atoms with van der Waals surface area (Å²) in [4.78, 5) is 12.5. The smallest absolute Gasteiger partial charge is 0.402 e. The summed E-state index contributed by atoms with van der Waals surface area (Å²) in [6.45, 7) is -2.65. The van der Waals surface area contributed by atoms with Crippen molar-refractivity contribution >= 4 is 23.0 Å². The van der Waals surface area contributed by atoms with E-state index in [0.29, 0.717) is 5.56 Å². The van der Waals surface area contributed by atoms with E-state index in [-0.39, 0.29) is 39.5 Å². The van der Waals surface area contributed by atoms with Gasteiger partial charge in [0.25, 0.3) is 0 Å². The number of phenols is 4. The number of rotatable bonds is 13. The third-order valence-electron chi connectivity index (χ3n) is 10.8. The largest absolute Gasteiger partial charge is 0.853 e. The number of aliphatic hydroxyl groups excluding tert-OH is 9. The maximum Gasteiger partial charge on any atom is 0.402 e. The summed E-state index contributed by atoms with van der Waals surface area (Å²) < 4.78 is 46.3. The number of fused-ring (bicyclic) bond motifs is 1. The first-order chi connectivity index (χ1) is 31.0. The number of carbonyl (C=O) groups is 1. The second-order valence-electron chi connectivity index (χ2n) is 15.3. The van der Waals surface area contributed by atoms with Crippen molar-refractivity contribution in [2.75, 3.05) is 19.8 Å². The molecule has 3 aromatic carbocycles. The van der Waals surface area contributed by atoms with Crippen molar-refractivity contribution in [3.05, 3.63) is 72.3 Å². The molecule has 0 radical (unpaired) electrons. The lowest BCUT2D eigenvalue weighted by molar-refractivity contribution is -0.417. The quantitative estimate of drug-likeness (QED) is 0.0275. The fraction of sp³-hybridized carbons (Fsp3) is 0.429. The fourth-order valence-electron chi connectivity index (χ4n) is 7.21. The molecule has 0 amide bonds. The lowest BCUT2D eigenvalue weighted by Gasteiger charge is -2.46. The monoisotopic (exact) mass is 918 g/mol. The van der Waals surface area contributed by atoms with E-state index in [1.54, 1.807) is 0 Å². The summed E-state index contributed by atoms with van der Waals surface area (Å²) in [5.74, 6) is -3.16. The van der Waals surface area contributed by atoms with Gasteiger partial charge in [0.2, 0.25) is 18.3 Å². The number of esters is 1. The Kier molecular flexibility index (Phi) is 14.6. The highest BCUT2D eigenvalue weighted by Gasteiger charge is 2.52. The molecule has 0 unspecified atom stereocenters. The van der Waals surface area contributed by atoms with Gasteiger partial charge in [0.05, 0.1) is 24.3 Å². The van der Waals surface area contributed by atoms with Crippen LogP contribution in [0.4, 0.5) is 0 Å². The van der Waals surface area contributed by atoms with Crippen molar-refractivity contribution in [3.8, 4) is 45.8 Å². The van der Waals surface area contributed by atoms with Gasteiger partial charge in [-0.25, -0.2) is 9.21 Å². The highest BCUT2D eigenvalue weighted by atomic mass is 16.8. The third-order valence-corrected chi connectivity index (χ3v) is 10.8. The van der Waals surface area contributed by atoms with Crippen molar-refractivity contribution in [2.45, 2.75) is 92.1 Å². The number of phenolic OH excluding ortho intramolecular Hbond substituents is 4. The third kappa shape index (κ3) is 10.2. The van der Waals surface area contributed by atoms with Crippen LogP contribution in [0, 0.1) is 0 Å². The summed E-state index contributed by atoms with van der Waals surface area (Å²) in [5.41, 5.74) is 0.405. The normalized spacial score (nSPS) is 32.9. The van der Waals surface area contributed by atoms with Crippen molar-refractivity contribution in [2.24, 2.45) is 0 Å². The second-order valence-corrected chi connectivity index (χ2v) is 15.3. The van der Waals surface area contributed by atoms with E-state index in [1.807, 2.05) is 0 Å². The predicted molar refractivity (Wildman–Crippen MR) is 211 cm³/mol. The molecule has 7 rings (SSSR count). The fourth-order valence-corrected chi connectivity index (χ4v) is 7.21. The van der Waals surface area contributed by atoms with E-state index in [2.05, 4.69) is 0 Å². The number of hydrogen-bond donors (Lipinski definition) is 13. The Hall–Kier alpha value is -5.48. The average Bonchev–Trinajstić information content (AvgIpc) is 3.29. The molecule has 0 saturated carbocycles. The molecule has 15 atom stereocenters. The highest BCUT2D eigenvalue weighted by Crippen LogP contribution is 2.43. The lowest BCUT2D eigenvalue weighted by atomic mass is 9.97. The molecule has 4 aromatic rings. The van der Waals surface area contributed by atoms with Gasteiger partial charge in [-0.2, -0.15) is 0 Å². The van der Waals surface area contributed by atoms with Gasteiger partial charge in [-0.1, -0.05) is 6.07 Å². The van der Waals surface area contributed by atoms with Gasteiger partial charge >= 0.3 is 17.3 Å². The van der Waals surface area contributed by atoms with Crippen molar-refractivity contribution < 1.29 is 114 Å². The van der Waals surface area contributed by atoms with Gasteiger partial charge in [0.1, 0.15) is 90.3 Å². The first-order valence-corrected chi connectivity index (χ1v) is 19.9.